The van der Waals surface area contributed by atoms with Gasteiger partial charge in [-0.1, -0.05) is 55.1 Å². The molecule has 4 atom stereocenters. The first kappa shape index (κ1) is 22.3. The number of carbonyl (C=O) groups is 1. The minimum Gasteiger partial charge on any atom is -0.481 e. The van der Waals surface area contributed by atoms with Crippen molar-refractivity contribution in [2.75, 3.05) is 0 Å². The molecule has 0 radical (unpaired) electrons. The molecule has 0 saturated carbocycles. The lowest BCUT2D eigenvalue weighted by molar-refractivity contribution is -0.156. The normalized spacial score (nSPS) is 16.0. The van der Waals surface area contributed by atoms with Crippen LogP contribution in [0.2, 0.25) is 0 Å². The molecule has 3 rings (SSSR count). The molecule has 3 aromatic rings. The summed E-state index contributed by atoms with van der Waals surface area (Å²) < 4.78 is 13.6. The fourth-order valence-electron chi connectivity index (χ4n) is 3.81. The zero-order chi connectivity index (χ0) is 22.6. The maximum atomic E-state index is 13.6. The third-order valence-electron chi connectivity index (χ3n) is 5.63. The van der Waals surface area contributed by atoms with Crippen LogP contribution >= 0.6 is 0 Å². The highest BCUT2D eigenvalue weighted by Gasteiger charge is 2.51. The number of carboxylic acids is 1. The highest BCUT2D eigenvalue weighted by Crippen LogP contribution is 2.46. The maximum Gasteiger partial charge on any atom is 0.309 e. The zero-order valence-corrected chi connectivity index (χ0v) is 17.0. The van der Waals surface area contributed by atoms with Crippen LogP contribution in [-0.2, 0) is 10.4 Å². The lowest BCUT2D eigenvalue weighted by Crippen LogP contribution is -2.48. The fourth-order valence-corrected chi connectivity index (χ4v) is 3.81. The van der Waals surface area contributed by atoms with Gasteiger partial charge in [-0.15, -0.1) is 0 Å². The summed E-state index contributed by atoms with van der Waals surface area (Å²) in [6.07, 6.45) is 0.0521. The number of hydrogen-bond donors (Lipinski definition) is 3. The molecule has 5 nitrogen and oxygen atoms in total. The van der Waals surface area contributed by atoms with Crippen molar-refractivity contribution in [3.05, 3.63) is 108 Å². The van der Waals surface area contributed by atoms with E-state index in [2.05, 4.69) is 11.6 Å². The Morgan fingerprint density at radius 3 is 2.19 bits per heavy atom. The smallest absolute Gasteiger partial charge is 0.309 e. The average Bonchev–Trinajstić information content (AvgIpc) is 2.80. The van der Waals surface area contributed by atoms with Gasteiger partial charge >= 0.3 is 5.97 Å². The van der Waals surface area contributed by atoms with Gasteiger partial charge in [0.05, 0.1) is 17.7 Å². The second-order valence-corrected chi connectivity index (χ2v) is 7.47. The van der Waals surface area contributed by atoms with Gasteiger partial charge in [-0.3, -0.25) is 9.78 Å². The molecule has 0 aliphatic carbocycles. The first-order valence-electron chi connectivity index (χ1n) is 9.81. The van der Waals surface area contributed by atoms with Gasteiger partial charge < -0.3 is 15.3 Å². The van der Waals surface area contributed by atoms with Crippen LogP contribution in [0.25, 0.3) is 5.57 Å². The molecule has 160 valence electrons. The lowest BCUT2D eigenvalue weighted by atomic mass is 9.68. The molecule has 3 N–H and O–H groups in total. The monoisotopic (exact) mass is 421 g/mol. The van der Waals surface area contributed by atoms with E-state index in [9.17, 15) is 24.5 Å². The number of nitrogens with zero attached hydrogens (tertiary/aromatic N) is 1. The summed E-state index contributed by atoms with van der Waals surface area (Å²) in [7, 11) is 0. The Balaban J connectivity index is 2.23. The van der Waals surface area contributed by atoms with Crippen LogP contribution in [0.5, 0.6) is 0 Å². The largest absolute Gasteiger partial charge is 0.481 e. The first-order valence-corrected chi connectivity index (χ1v) is 9.81. The molecule has 0 aliphatic heterocycles. The molecule has 2 aromatic carbocycles. The van der Waals surface area contributed by atoms with E-state index in [0.717, 1.165) is 0 Å². The van der Waals surface area contributed by atoms with E-state index < -0.39 is 35.3 Å². The number of pyridine rings is 1. The lowest BCUT2D eigenvalue weighted by Gasteiger charge is -2.42. The van der Waals surface area contributed by atoms with Gasteiger partial charge in [0.15, 0.2) is 0 Å². The molecule has 6 heteroatoms. The second-order valence-electron chi connectivity index (χ2n) is 7.47. The Morgan fingerprint density at radius 2 is 1.65 bits per heavy atom. The summed E-state index contributed by atoms with van der Waals surface area (Å²) in [5.74, 6) is -4.30. The van der Waals surface area contributed by atoms with Gasteiger partial charge in [-0.25, -0.2) is 4.39 Å². The van der Waals surface area contributed by atoms with Gasteiger partial charge in [-0.2, -0.15) is 0 Å². The highest BCUT2D eigenvalue weighted by molar-refractivity contribution is 5.73. The zero-order valence-electron chi connectivity index (χ0n) is 17.0. The predicted molar refractivity (Wildman–Crippen MR) is 116 cm³/mol. The van der Waals surface area contributed by atoms with E-state index in [0.29, 0.717) is 16.7 Å². The summed E-state index contributed by atoms with van der Waals surface area (Å²) in [6.45, 7) is 5.35. The number of aliphatic hydroxyl groups excluding tert-OH is 1. The topological polar surface area (TPSA) is 90.7 Å². The van der Waals surface area contributed by atoms with Crippen LogP contribution in [0, 0.1) is 11.7 Å². The SMILES string of the molecule is C=C(c1ccccc1)C(O)C(c1ccc(F)cc1)C(O)(c1ccccn1)C(C)C(=O)O. The number of aromatic nitrogens is 1. The number of benzene rings is 2. The van der Waals surface area contributed by atoms with E-state index in [1.165, 1.54) is 43.5 Å². The predicted octanol–water partition coefficient (Wildman–Crippen LogP) is 3.99. The van der Waals surface area contributed by atoms with Crippen molar-refractivity contribution in [1.82, 2.24) is 4.98 Å². The highest BCUT2D eigenvalue weighted by atomic mass is 19.1. The van der Waals surface area contributed by atoms with E-state index in [1.807, 2.05) is 6.07 Å². The third-order valence-corrected chi connectivity index (χ3v) is 5.63. The van der Waals surface area contributed by atoms with E-state index in [1.54, 1.807) is 36.4 Å². The summed E-state index contributed by atoms with van der Waals surface area (Å²) in [6, 6.07) is 18.9. The third kappa shape index (κ3) is 4.40. The summed E-state index contributed by atoms with van der Waals surface area (Å²) in [4.78, 5) is 16.2. The molecule has 0 bridgehead atoms. The van der Waals surface area contributed by atoms with Crippen molar-refractivity contribution >= 4 is 11.5 Å². The number of aliphatic hydroxyl groups is 2. The van der Waals surface area contributed by atoms with Crippen LogP contribution in [0.3, 0.4) is 0 Å². The Kier molecular flexibility index (Phi) is 6.63. The van der Waals surface area contributed by atoms with Crippen LogP contribution in [-0.4, -0.2) is 32.4 Å². The van der Waals surface area contributed by atoms with Crippen LogP contribution in [0.15, 0.2) is 85.6 Å². The second kappa shape index (κ2) is 9.20. The molecule has 0 aliphatic rings. The molecule has 0 amide bonds. The minimum absolute atomic E-state index is 0.0825. The molecular formula is C25H24FNO4. The van der Waals surface area contributed by atoms with Crippen molar-refractivity contribution in [3.8, 4) is 0 Å². The van der Waals surface area contributed by atoms with Gasteiger partial charge in [0.1, 0.15) is 11.4 Å². The summed E-state index contributed by atoms with van der Waals surface area (Å²) in [5.41, 5.74) is -0.760. The van der Waals surface area contributed by atoms with E-state index in [4.69, 9.17) is 0 Å². The fraction of sp³-hybridized carbons (Fsp3) is 0.200. The van der Waals surface area contributed by atoms with Crippen LogP contribution in [0.1, 0.15) is 29.7 Å². The number of halogens is 1. The van der Waals surface area contributed by atoms with Crippen molar-refractivity contribution in [3.63, 3.8) is 0 Å². The van der Waals surface area contributed by atoms with Crippen molar-refractivity contribution < 1.29 is 24.5 Å². The standard InChI is InChI=1S/C25H24FNO4/c1-16(18-8-4-3-5-9-18)23(28)22(19-11-13-20(26)14-12-19)25(31,17(2)24(29)30)21-10-6-7-15-27-21/h3-15,17,22-23,28,31H,1H2,2H3,(H,29,30). The van der Waals surface area contributed by atoms with Crippen LogP contribution in [0.4, 0.5) is 4.39 Å². The Morgan fingerprint density at radius 1 is 1.03 bits per heavy atom. The molecule has 1 heterocycles. The number of carboxylic acid groups (broad SMARTS) is 1. The molecule has 31 heavy (non-hydrogen) atoms. The number of hydrogen-bond acceptors (Lipinski definition) is 4. The van der Waals surface area contributed by atoms with Gasteiger partial charge in [0, 0.05) is 12.1 Å². The molecule has 0 fully saturated rings. The molecular weight excluding hydrogens is 397 g/mol. The Labute approximate surface area is 180 Å². The van der Waals surface area contributed by atoms with Crippen LogP contribution < -0.4 is 0 Å². The molecule has 0 saturated heterocycles. The minimum atomic E-state index is -2.12. The Hall–Kier alpha value is -3.35. The molecule has 0 spiro atoms. The molecule has 1 aromatic heterocycles. The van der Waals surface area contributed by atoms with Gasteiger partial charge in [0.2, 0.25) is 0 Å². The van der Waals surface area contributed by atoms with Gasteiger partial charge in [-0.05, 0) is 47.9 Å². The van der Waals surface area contributed by atoms with E-state index in [-0.39, 0.29) is 5.69 Å². The average molecular weight is 421 g/mol. The molecule has 4 unspecified atom stereocenters. The van der Waals surface area contributed by atoms with Gasteiger partial charge in [0.25, 0.3) is 0 Å². The van der Waals surface area contributed by atoms with Crippen molar-refractivity contribution in [2.24, 2.45) is 5.92 Å². The maximum absolute atomic E-state index is 13.6. The summed E-state index contributed by atoms with van der Waals surface area (Å²) >= 11 is 0. The van der Waals surface area contributed by atoms with Crippen molar-refractivity contribution in [1.29, 1.82) is 0 Å². The quantitative estimate of drug-likeness (QED) is 0.512. The van der Waals surface area contributed by atoms with Crippen molar-refractivity contribution in [2.45, 2.75) is 24.5 Å². The van der Waals surface area contributed by atoms with E-state index >= 15 is 0 Å². The first-order chi connectivity index (χ1) is 14.8. The number of rotatable bonds is 8. The number of aliphatic carboxylic acids is 1. The Bertz CT molecular complexity index is 1040. The summed E-state index contributed by atoms with van der Waals surface area (Å²) in [5, 5.41) is 33.1.